The fraction of sp³-hybridized carbons (Fsp3) is 0.625. The summed E-state index contributed by atoms with van der Waals surface area (Å²) in [4.78, 5) is 10.4. The van der Waals surface area contributed by atoms with Gasteiger partial charge in [-0.25, -0.2) is 0 Å². The minimum atomic E-state index is -0.717. The van der Waals surface area contributed by atoms with Crippen LogP contribution in [0.2, 0.25) is 0 Å². The Balaban J connectivity index is 2.57. The van der Waals surface area contributed by atoms with E-state index in [1.54, 1.807) is 0 Å². The van der Waals surface area contributed by atoms with Crippen molar-refractivity contribution in [3.63, 3.8) is 0 Å². The van der Waals surface area contributed by atoms with Crippen molar-refractivity contribution in [1.82, 2.24) is 5.32 Å². The maximum Gasteiger partial charge on any atom is 0.304 e. The van der Waals surface area contributed by atoms with Crippen LogP contribution in [0.3, 0.4) is 0 Å². The molecule has 0 saturated carbocycles. The molecule has 2 N–H and O–H groups in total. The van der Waals surface area contributed by atoms with Crippen LogP contribution in [0, 0.1) is 5.92 Å². The second kappa shape index (κ2) is 2.95. The molecule has 0 amide bonds. The molecule has 3 nitrogen and oxygen atoms in total. The quantitative estimate of drug-likeness (QED) is 0.624. The topological polar surface area (TPSA) is 49.3 Å². The Morgan fingerprint density at radius 1 is 1.73 bits per heavy atom. The molecule has 62 valence electrons. The van der Waals surface area contributed by atoms with Crippen LogP contribution >= 0.6 is 0 Å². The summed E-state index contributed by atoms with van der Waals surface area (Å²) in [5.74, 6) is -0.515. The average Bonchev–Trinajstić information content (AvgIpc) is 2.18. The van der Waals surface area contributed by atoms with Crippen LogP contribution in [-0.4, -0.2) is 17.6 Å². The summed E-state index contributed by atoms with van der Waals surface area (Å²) in [6.45, 7) is 4.75. The lowest BCUT2D eigenvalue weighted by Crippen LogP contribution is -2.14. The molecular weight excluding hydrogens is 142 g/mol. The highest BCUT2D eigenvalue weighted by atomic mass is 16.4. The van der Waals surface area contributed by atoms with Gasteiger partial charge in [-0.3, -0.25) is 4.79 Å². The van der Waals surface area contributed by atoms with Crippen molar-refractivity contribution < 1.29 is 9.90 Å². The standard InChI is InChI=1S/C8H13NO2/c1-5-6(2)9-4-7(5)3-8(10)11/h7,9H,3-4H2,1-2H3,(H,10,11). The van der Waals surface area contributed by atoms with Crippen LogP contribution < -0.4 is 5.32 Å². The highest BCUT2D eigenvalue weighted by molar-refractivity contribution is 5.67. The van der Waals surface area contributed by atoms with Crippen molar-refractivity contribution in [2.75, 3.05) is 6.54 Å². The molecule has 0 spiro atoms. The van der Waals surface area contributed by atoms with Crippen molar-refractivity contribution in [3.8, 4) is 0 Å². The van der Waals surface area contributed by atoms with E-state index in [-0.39, 0.29) is 12.3 Å². The average molecular weight is 155 g/mol. The highest BCUT2D eigenvalue weighted by Crippen LogP contribution is 2.22. The molecule has 0 bridgehead atoms. The van der Waals surface area contributed by atoms with E-state index in [0.717, 1.165) is 12.2 Å². The van der Waals surface area contributed by atoms with Crippen LogP contribution in [0.5, 0.6) is 0 Å². The lowest BCUT2D eigenvalue weighted by molar-refractivity contribution is -0.137. The van der Waals surface area contributed by atoms with Gasteiger partial charge in [-0.1, -0.05) is 0 Å². The first-order chi connectivity index (χ1) is 5.11. The van der Waals surface area contributed by atoms with Crippen molar-refractivity contribution in [2.24, 2.45) is 5.92 Å². The smallest absolute Gasteiger partial charge is 0.304 e. The third-order valence-corrected chi connectivity index (χ3v) is 2.24. The van der Waals surface area contributed by atoms with Gasteiger partial charge in [0.15, 0.2) is 0 Å². The third kappa shape index (κ3) is 1.73. The van der Waals surface area contributed by atoms with Gasteiger partial charge in [0.05, 0.1) is 6.42 Å². The summed E-state index contributed by atoms with van der Waals surface area (Å²) in [5, 5.41) is 11.7. The van der Waals surface area contributed by atoms with Crippen LogP contribution in [0.15, 0.2) is 11.3 Å². The fourth-order valence-electron chi connectivity index (χ4n) is 1.31. The van der Waals surface area contributed by atoms with Crippen molar-refractivity contribution >= 4 is 5.97 Å². The Morgan fingerprint density at radius 2 is 2.36 bits per heavy atom. The molecule has 1 heterocycles. The summed E-state index contributed by atoms with van der Waals surface area (Å²) in [7, 11) is 0. The van der Waals surface area contributed by atoms with Gasteiger partial charge in [-0.05, 0) is 19.4 Å². The molecule has 0 aliphatic carbocycles. The monoisotopic (exact) mass is 155 g/mol. The van der Waals surface area contributed by atoms with Crippen LogP contribution in [0.25, 0.3) is 0 Å². The summed E-state index contributed by atoms with van der Waals surface area (Å²) in [5.41, 5.74) is 2.32. The number of hydrogen-bond donors (Lipinski definition) is 2. The Hall–Kier alpha value is -0.990. The van der Waals surface area contributed by atoms with Gasteiger partial charge < -0.3 is 10.4 Å². The molecule has 1 rings (SSSR count). The minimum absolute atomic E-state index is 0.201. The fourth-order valence-corrected chi connectivity index (χ4v) is 1.31. The van der Waals surface area contributed by atoms with Gasteiger partial charge in [0.1, 0.15) is 0 Å². The number of hydrogen-bond acceptors (Lipinski definition) is 2. The Bertz CT molecular complexity index is 208. The van der Waals surface area contributed by atoms with E-state index >= 15 is 0 Å². The largest absolute Gasteiger partial charge is 0.481 e. The zero-order valence-electron chi connectivity index (χ0n) is 6.85. The molecule has 0 aromatic rings. The van der Waals surface area contributed by atoms with Gasteiger partial charge in [0.2, 0.25) is 0 Å². The van der Waals surface area contributed by atoms with Crippen LogP contribution in [-0.2, 0) is 4.79 Å². The van der Waals surface area contributed by atoms with Gasteiger partial charge in [-0.2, -0.15) is 0 Å². The molecule has 0 aromatic heterocycles. The maximum atomic E-state index is 10.4. The van der Waals surface area contributed by atoms with Gasteiger partial charge in [-0.15, -0.1) is 0 Å². The van der Waals surface area contributed by atoms with E-state index in [4.69, 9.17) is 5.11 Å². The summed E-state index contributed by atoms with van der Waals surface area (Å²) in [6.07, 6.45) is 0.246. The van der Waals surface area contributed by atoms with Crippen molar-refractivity contribution in [3.05, 3.63) is 11.3 Å². The van der Waals surface area contributed by atoms with E-state index in [9.17, 15) is 4.79 Å². The van der Waals surface area contributed by atoms with Crippen molar-refractivity contribution in [2.45, 2.75) is 20.3 Å². The normalized spacial score (nSPS) is 23.6. The van der Waals surface area contributed by atoms with Gasteiger partial charge in [0, 0.05) is 18.2 Å². The molecule has 1 aliphatic heterocycles. The molecule has 11 heavy (non-hydrogen) atoms. The summed E-state index contributed by atoms with van der Waals surface area (Å²) in [6, 6.07) is 0. The molecular formula is C8H13NO2. The third-order valence-electron chi connectivity index (χ3n) is 2.24. The van der Waals surface area contributed by atoms with Gasteiger partial charge in [0.25, 0.3) is 0 Å². The molecule has 0 saturated heterocycles. The molecule has 3 heteroatoms. The van der Waals surface area contributed by atoms with E-state index in [2.05, 4.69) is 5.32 Å². The van der Waals surface area contributed by atoms with Gasteiger partial charge >= 0.3 is 5.97 Å². The predicted molar refractivity (Wildman–Crippen MR) is 42.1 cm³/mol. The molecule has 0 aromatic carbocycles. The number of carboxylic acid groups (broad SMARTS) is 1. The molecule has 1 atom stereocenters. The molecule has 0 fully saturated rings. The number of rotatable bonds is 2. The number of allylic oxidation sites excluding steroid dienone is 1. The van der Waals surface area contributed by atoms with Crippen molar-refractivity contribution in [1.29, 1.82) is 0 Å². The van der Waals surface area contributed by atoms with E-state index in [1.807, 2.05) is 13.8 Å². The van der Waals surface area contributed by atoms with E-state index in [1.165, 1.54) is 5.57 Å². The Morgan fingerprint density at radius 3 is 2.73 bits per heavy atom. The van der Waals surface area contributed by atoms with E-state index in [0.29, 0.717) is 0 Å². The van der Waals surface area contributed by atoms with Crippen LogP contribution in [0.4, 0.5) is 0 Å². The highest BCUT2D eigenvalue weighted by Gasteiger charge is 2.21. The van der Waals surface area contributed by atoms with Crippen LogP contribution in [0.1, 0.15) is 20.3 Å². The molecule has 1 unspecified atom stereocenters. The Labute approximate surface area is 66.1 Å². The minimum Gasteiger partial charge on any atom is -0.481 e. The molecule has 0 radical (unpaired) electrons. The summed E-state index contributed by atoms with van der Waals surface area (Å²) >= 11 is 0. The first-order valence-corrected chi connectivity index (χ1v) is 3.74. The lowest BCUT2D eigenvalue weighted by atomic mass is 9.99. The number of carboxylic acids is 1. The lowest BCUT2D eigenvalue weighted by Gasteiger charge is -2.05. The zero-order chi connectivity index (χ0) is 8.43. The second-order valence-corrected chi connectivity index (χ2v) is 2.98. The molecule has 1 aliphatic rings. The number of carbonyl (C=O) groups is 1. The Kier molecular flexibility index (Phi) is 2.17. The first kappa shape index (κ1) is 8.11. The maximum absolute atomic E-state index is 10.4. The zero-order valence-corrected chi connectivity index (χ0v) is 6.85. The second-order valence-electron chi connectivity index (χ2n) is 2.98. The first-order valence-electron chi connectivity index (χ1n) is 3.74. The SMILES string of the molecule is CC1=C(C)C(CC(=O)O)CN1. The summed E-state index contributed by atoms with van der Waals surface area (Å²) < 4.78 is 0. The number of aliphatic carboxylic acids is 1. The predicted octanol–water partition coefficient (Wildman–Crippen LogP) is 0.974. The number of nitrogens with one attached hydrogen (secondary N) is 1. The van der Waals surface area contributed by atoms with E-state index < -0.39 is 5.97 Å².